The van der Waals surface area contributed by atoms with Crippen molar-refractivity contribution < 1.29 is 19.1 Å². The molecule has 33 heavy (non-hydrogen) atoms. The predicted molar refractivity (Wildman–Crippen MR) is 121 cm³/mol. The number of benzene rings is 3. The highest BCUT2D eigenvalue weighted by molar-refractivity contribution is 6.35. The Balaban J connectivity index is 1.53. The molecule has 0 unspecified atom stereocenters. The van der Waals surface area contributed by atoms with Gasteiger partial charge in [-0.1, -0.05) is 42.5 Å². The largest absolute Gasteiger partial charge is 0.378 e. The van der Waals surface area contributed by atoms with E-state index < -0.39 is 11.8 Å². The maximum absolute atomic E-state index is 13.3. The van der Waals surface area contributed by atoms with Crippen molar-refractivity contribution in [1.29, 1.82) is 5.26 Å². The first-order valence-electron chi connectivity index (χ1n) is 10.6. The quantitative estimate of drug-likeness (QED) is 0.585. The molecule has 0 N–H and O–H groups in total. The van der Waals surface area contributed by atoms with Crippen LogP contribution in [0.5, 0.6) is 0 Å². The van der Waals surface area contributed by atoms with E-state index in [1.165, 1.54) is 12.1 Å². The predicted octanol–water partition coefficient (Wildman–Crippen LogP) is 3.50. The summed E-state index contributed by atoms with van der Waals surface area (Å²) in [4.78, 5) is 42.1. The van der Waals surface area contributed by atoms with Gasteiger partial charge in [0.25, 0.3) is 17.7 Å². The summed E-state index contributed by atoms with van der Waals surface area (Å²) in [5.41, 5.74) is 2.63. The number of amides is 3. The van der Waals surface area contributed by atoms with Crippen molar-refractivity contribution in [3.63, 3.8) is 0 Å². The van der Waals surface area contributed by atoms with Crippen molar-refractivity contribution in [3.8, 4) is 17.2 Å². The van der Waals surface area contributed by atoms with Crippen LogP contribution in [0.4, 0.5) is 5.69 Å². The lowest BCUT2D eigenvalue weighted by molar-refractivity contribution is 0.0303. The van der Waals surface area contributed by atoms with E-state index in [9.17, 15) is 19.6 Å². The van der Waals surface area contributed by atoms with Crippen LogP contribution in [0, 0.1) is 11.3 Å². The van der Waals surface area contributed by atoms with Gasteiger partial charge >= 0.3 is 0 Å². The normalized spacial score (nSPS) is 15.4. The minimum atomic E-state index is -0.548. The molecule has 1 fully saturated rings. The van der Waals surface area contributed by atoms with E-state index in [1.54, 1.807) is 29.2 Å². The highest BCUT2D eigenvalue weighted by Crippen LogP contribution is 2.35. The summed E-state index contributed by atoms with van der Waals surface area (Å²) in [6.07, 6.45) is 0. The fourth-order valence-corrected chi connectivity index (χ4v) is 4.24. The third kappa shape index (κ3) is 3.47. The lowest BCUT2D eigenvalue weighted by atomic mass is 9.98. The van der Waals surface area contributed by atoms with Gasteiger partial charge < -0.3 is 9.64 Å². The molecule has 0 radical (unpaired) electrons. The fourth-order valence-electron chi connectivity index (χ4n) is 4.24. The smallest absolute Gasteiger partial charge is 0.266 e. The number of ether oxygens (including phenoxy) is 1. The maximum atomic E-state index is 13.3. The van der Waals surface area contributed by atoms with E-state index in [0.717, 1.165) is 10.5 Å². The average molecular weight is 437 g/mol. The van der Waals surface area contributed by atoms with Crippen LogP contribution < -0.4 is 4.90 Å². The third-order valence-electron chi connectivity index (χ3n) is 5.91. The third-order valence-corrected chi connectivity index (χ3v) is 5.91. The number of nitriles is 1. The zero-order valence-corrected chi connectivity index (χ0v) is 17.7. The number of rotatable bonds is 3. The number of fused-ring (bicyclic) bond motifs is 1. The first kappa shape index (κ1) is 20.6. The molecule has 3 aromatic rings. The highest BCUT2D eigenvalue weighted by Gasteiger charge is 2.39. The van der Waals surface area contributed by atoms with Crippen LogP contribution in [0.25, 0.3) is 11.1 Å². The lowest BCUT2D eigenvalue weighted by Gasteiger charge is -2.26. The molecule has 7 nitrogen and oxygen atoms in total. The Bertz CT molecular complexity index is 1320. The van der Waals surface area contributed by atoms with Crippen LogP contribution in [0.2, 0.25) is 0 Å². The van der Waals surface area contributed by atoms with Crippen LogP contribution in [0.3, 0.4) is 0 Å². The molecule has 3 aromatic carbocycles. The van der Waals surface area contributed by atoms with E-state index in [4.69, 9.17) is 4.74 Å². The van der Waals surface area contributed by atoms with Crippen molar-refractivity contribution in [3.05, 3.63) is 89.0 Å². The first-order chi connectivity index (χ1) is 16.1. The van der Waals surface area contributed by atoms with Crippen LogP contribution in [0.15, 0.2) is 66.7 Å². The Morgan fingerprint density at radius 2 is 1.58 bits per heavy atom. The molecular formula is C26H19N3O4. The SMILES string of the molecule is N#Cc1c(-c2ccccc2)cccc1N1C(=O)c2ccc(C(=O)N3CCOCC3)cc2C1=O. The zero-order chi connectivity index (χ0) is 22.9. The van der Waals surface area contributed by atoms with Crippen molar-refractivity contribution in [1.82, 2.24) is 4.90 Å². The molecule has 0 spiro atoms. The van der Waals surface area contributed by atoms with Crippen LogP contribution in [0.1, 0.15) is 36.6 Å². The number of hydrogen-bond donors (Lipinski definition) is 0. The Morgan fingerprint density at radius 1 is 0.848 bits per heavy atom. The monoisotopic (exact) mass is 437 g/mol. The van der Waals surface area contributed by atoms with Gasteiger partial charge in [0.1, 0.15) is 6.07 Å². The Labute approximate surface area is 190 Å². The van der Waals surface area contributed by atoms with Gasteiger partial charge in [0, 0.05) is 24.2 Å². The van der Waals surface area contributed by atoms with Gasteiger partial charge in [-0.05, 0) is 29.8 Å². The van der Waals surface area contributed by atoms with Crippen LogP contribution in [-0.2, 0) is 4.74 Å². The highest BCUT2D eigenvalue weighted by atomic mass is 16.5. The van der Waals surface area contributed by atoms with E-state index in [-0.39, 0.29) is 28.3 Å². The number of imide groups is 1. The number of hydrogen-bond acceptors (Lipinski definition) is 5. The summed E-state index contributed by atoms with van der Waals surface area (Å²) < 4.78 is 5.29. The molecule has 2 heterocycles. The Hall–Kier alpha value is -4.28. The molecule has 5 rings (SSSR count). The van der Waals surface area contributed by atoms with E-state index in [0.29, 0.717) is 37.4 Å². The molecule has 2 aliphatic heterocycles. The second-order valence-electron chi connectivity index (χ2n) is 7.79. The van der Waals surface area contributed by atoms with Gasteiger partial charge in [-0.25, -0.2) is 4.90 Å². The number of anilines is 1. The summed E-state index contributed by atoms with van der Waals surface area (Å²) in [5.74, 6) is -1.26. The molecule has 0 saturated carbocycles. The van der Waals surface area contributed by atoms with Gasteiger partial charge in [0.2, 0.25) is 0 Å². The van der Waals surface area contributed by atoms with Crippen molar-refractivity contribution in [2.75, 3.05) is 31.2 Å². The summed E-state index contributed by atoms with van der Waals surface area (Å²) in [5, 5.41) is 9.91. The Kier molecular flexibility index (Phi) is 5.21. The number of carbonyl (C=O) groups excluding carboxylic acids is 3. The molecule has 0 atom stereocenters. The summed E-state index contributed by atoms with van der Waals surface area (Å²) in [7, 11) is 0. The fraction of sp³-hybridized carbons (Fsp3) is 0.154. The first-order valence-corrected chi connectivity index (χ1v) is 10.6. The standard InChI is InChI=1S/C26H19N3O4/c27-16-22-19(17-5-2-1-3-6-17)7-4-8-23(22)29-25(31)20-10-9-18(15-21(20)26(29)32)24(30)28-11-13-33-14-12-28/h1-10,15H,11-14H2. The molecule has 3 amide bonds. The van der Waals surface area contributed by atoms with Crippen molar-refractivity contribution in [2.24, 2.45) is 0 Å². The van der Waals surface area contributed by atoms with Gasteiger partial charge in [0.05, 0.1) is 35.6 Å². The zero-order valence-electron chi connectivity index (χ0n) is 17.7. The molecule has 162 valence electrons. The number of morpholine rings is 1. The van der Waals surface area contributed by atoms with Crippen LogP contribution >= 0.6 is 0 Å². The van der Waals surface area contributed by atoms with Gasteiger partial charge in [-0.2, -0.15) is 5.26 Å². The topological polar surface area (TPSA) is 90.7 Å². The number of nitrogens with zero attached hydrogens (tertiary/aromatic N) is 3. The van der Waals surface area contributed by atoms with Gasteiger partial charge in [0.15, 0.2) is 0 Å². The van der Waals surface area contributed by atoms with E-state index >= 15 is 0 Å². The molecular weight excluding hydrogens is 418 g/mol. The molecule has 0 aliphatic carbocycles. The summed E-state index contributed by atoms with van der Waals surface area (Å²) in [6, 6.07) is 21.1. The minimum Gasteiger partial charge on any atom is -0.378 e. The second kappa shape index (κ2) is 8.34. The Morgan fingerprint density at radius 3 is 2.30 bits per heavy atom. The minimum absolute atomic E-state index is 0.160. The molecule has 1 saturated heterocycles. The summed E-state index contributed by atoms with van der Waals surface area (Å²) >= 11 is 0. The lowest BCUT2D eigenvalue weighted by Crippen LogP contribution is -2.40. The van der Waals surface area contributed by atoms with Crippen LogP contribution in [-0.4, -0.2) is 48.9 Å². The number of carbonyl (C=O) groups is 3. The van der Waals surface area contributed by atoms with Gasteiger partial charge in [-0.3, -0.25) is 14.4 Å². The van der Waals surface area contributed by atoms with E-state index in [1.807, 2.05) is 30.3 Å². The second-order valence-corrected chi connectivity index (χ2v) is 7.79. The summed E-state index contributed by atoms with van der Waals surface area (Å²) in [6.45, 7) is 1.90. The van der Waals surface area contributed by atoms with E-state index in [2.05, 4.69) is 6.07 Å². The maximum Gasteiger partial charge on any atom is 0.266 e. The molecule has 2 aliphatic rings. The molecule has 7 heteroatoms. The molecule has 0 bridgehead atoms. The average Bonchev–Trinajstić information content (AvgIpc) is 3.13. The van der Waals surface area contributed by atoms with Crippen molar-refractivity contribution in [2.45, 2.75) is 0 Å². The van der Waals surface area contributed by atoms with Gasteiger partial charge in [-0.15, -0.1) is 0 Å². The van der Waals surface area contributed by atoms with Crippen molar-refractivity contribution >= 4 is 23.4 Å². The molecule has 0 aromatic heterocycles.